The van der Waals surface area contributed by atoms with Crippen LogP contribution in [0.3, 0.4) is 0 Å². The van der Waals surface area contributed by atoms with Gasteiger partial charge in [-0.25, -0.2) is 0 Å². The lowest BCUT2D eigenvalue weighted by Gasteiger charge is -2.55. The Labute approximate surface area is 147 Å². The van der Waals surface area contributed by atoms with Gasteiger partial charge in [0.15, 0.2) is 0 Å². The Morgan fingerprint density at radius 3 is 2.68 bits per heavy atom. The van der Waals surface area contributed by atoms with E-state index < -0.39 is 0 Å². The van der Waals surface area contributed by atoms with Gasteiger partial charge in [0.05, 0.1) is 19.7 Å². The van der Waals surface area contributed by atoms with Crippen molar-refractivity contribution < 1.29 is 14.3 Å². The highest BCUT2D eigenvalue weighted by Crippen LogP contribution is 2.36. The number of aromatic nitrogens is 1. The zero-order chi connectivity index (χ0) is 17.6. The maximum Gasteiger partial charge on any atom is 0.270 e. The summed E-state index contributed by atoms with van der Waals surface area (Å²) in [5, 5.41) is 2.75. The third-order valence-electron chi connectivity index (χ3n) is 5.63. The van der Waals surface area contributed by atoms with Gasteiger partial charge in [0.2, 0.25) is 5.91 Å². The monoisotopic (exact) mass is 346 g/mol. The van der Waals surface area contributed by atoms with Crippen molar-refractivity contribution in [3.05, 3.63) is 24.0 Å². The number of likely N-dealkylation sites (N-methyl/N-ethyl adjacent to an activating group) is 1. The van der Waals surface area contributed by atoms with E-state index in [9.17, 15) is 9.59 Å². The molecule has 7 nitrogen and oxygen atoms in total. The average molecular weight is 346 g/mol. The van der Waals surface area contributed by atoms with Gasteiger partial charge in [-0.15, -0.1) is 0 Å². The first-order valence-electron chi connectivity index (χ1n) is 9.01. The predicted octanol–water partition coefficient (Wildman–Crippen LogP) is 0.0765. The van der Waals surface area contributed by atoms with Gasteiger partial charge in [-0.05, 0) is 30.9 Å². The van der Waals surface area contributed by atoms with Gasteiger partial charge >= 0.3 is 0 Å². The van der Waals surface area contributed by atoms with Crippen LogP contribution >= 0.6 is 0 Å². The van der Waals surface area contributed by atoms with Gasteiger partial charge in [-0.3, -0.25) is 14.5 Å². The molecule has 0 aromatic carbocycles. The standard InChI is InChI=1S/C18H26N4O3/c1-19-16(23)15-9-25-18(10-21(15)8-13-5-6-13)11-22(12-18)17(24)14-4-3-7-20(14)2/h3-4,7,13,15H,5-6,8-12H2,1-2H3,(H,19,23)/t15-/m1/s1. The van der Waals surface area contributed by atoms with Crippen molar-refractivity contribution in [1.29, 1.82) is 0 Å². The lowest BCUT2D eigenvalue weighted by Crippen LogP contribution is -2.73. The van der Waals surface area contributed by atoms with Gasteiger partial charge in [0, 0.05) is 33.4 Å². The van der Waals surface area contributed by atoms with Crippen LogP contribution in [0, 0.1) is 5.92 Å². The number of hydrogen-bond donors (Lipinski definition) is 1. The largest absolute Gasteiger partial charge is 0.368 e. The van der Waals surface area contributed by atoms with E-state index in [1.807, 2.05) is 34.8 Å². The van der Waals surface area contributed by atoms with E-state index in [1.54, 1.807) is 7.05 Å². The molecule has 3 heterocycles. The highest BCUT2D eigenvalue weighted by atomic mass is 16.5. The number of amides is 2. The lowest BCUT2D eigenvalue weighted by molar-refractivity contribution is -0.191. The molecule has 0 bridgehead atoms. The number of ether oxygens (including phenoxy) is 1. The average Bonchev–Trinajstić information content (AvgIpc) is 3.29. The van der Waals surface area contributed by atoms with Crippen LogP contribution in [0.2, 0.25) is 0 Å². The molecule has 7 heteroatoms. The third kappa shape index (κ3) is 3.06. The van der Waals surface area contributed by atoms with Gasteiger partial charge in [-0.2, -0.15) is 0 Å². The van der Waals surface area contributed by atoms with Crippen LogP contribution in [0.4, 0.5) is 0 Å². The molecule has 2 saturated heterocycles. The maximum absolute atomic E-state index is 12.6. The molecule has 1 atom stereocenters. The number of hydrogen-bond acceptors (Lipinski definition) is 4. The van der Waals surface area contributed by atoms with Crippen LogP contribution in [-0.2, 0) is 16.6 Å². The number of rotatable bonds is 4. The molecule has 0 unspecified atom stereocenters. The van der Waals surface area contributed by atoms with Crippen LogP contribution < -0.4 is 5.32 Å². The van der Waals surface area contributed by atoms with Gasteiger partial charge < -0.3 is 19.5 Å². The van der Waals surface area contributed by atoms with E-state index >= 15 is 0 Å². The molecule has 3 fully saturated rings. The second kappa shape index (κ2) is 6.14. The molecule has 2 amide bonds. The minimum atomic E-state index is -0.319. The summed E-state index contributed by atoms with van der Waals surface area (Å²) in [5.74, 6) is 0.777. The highest BCUT2D eigenvalue weighted by Gasteiger charge is 2.52. The Balaban J connectivity index is 1.41. The molecule has 2 aliphatic heterocycles. The molecule has 1 aromatic heterocycles. The summed E-state index contributed by atoms with van der Waals surface area (Å²) in [5.41, 5.74) is 0.379. The van der Waals surface area contributed by atoms with Crippen molar-refractivity contribution in [3.63, 3.8) is 0 Å². The minimum Gasteiger partial charge on any atom is -0.368 e. The Morgan fingerprint density at radius 1 is 1.32 bits per heavy atom. The lowest BCUT2D eigenvalue weighted by atomic mass is 9.89. The first-order valence-corrected chi connectivity index (χ1v) is 9.01. The Kier molecular flexibility index (Phi) is 4.08. The summed E-state index contributed by atoms with van der Waals surface area (Å²) >= 11 is 0. The molecule has 1 saturated carbocycles. The molecule has 136 valence electrons. The van der Waals surface area contributed by atoms with Crippen LogP contribution in [0.5, 0.6) is 0 Å². The molecular formula is C18H26N4O3. The normalized spacial score (nSPS) is 25.7. The fourth-order valence-electron chi connectivity index (χ4n) is 3.95. The van der Waals surface area contributed by atoms with Crippen molar-refractivity contribution in [3.8, 4) is 0 Å². The highest BCUT2D eigenvalue weighted by molar-refractivity contribution is 5.93. The zero-order valence-electron chi connectivity index (χ0n) is 14.9. The number of carbonyl (C=O) groups is 2. The summed E-state index contributed by atoms with van der Waals surface area (Å²) in [4.78, 5) is 28.9. The van der Waals surface area contributed by atoms with Crippen LogP contribution in [-0.4, -0.2) is 77.7 Å². The predicted molar refractivity (Wildman–Crippen MR) is 92.2 cm³/mol. The summed E-state index contributed by atoms with van der Waals surface area (Å²) in [6, 6.07) is 3.51. The third-order valence-corrected chi connectivity index (χ3v) is 5.63. The molecule has 1 aromatic rings. The second-order valence-corrected chi connectivity index (χ2v) is 7.66. The number of likely N-dealkylation sites (tertiary alicyclic amines) is 1. The number of carbonyl (C=O) groups excluding carboxylic acids is 2. The fourth-order valence-corrected chi connectivity index (χ4v) is 3.95. The van der Waals surface area contributed by atoms with Crippen molar-refractivity contribution >= 4 is 11.8 Å². The second-order valence-electron chi connectivity index (χ2n) is 7.66. The summed E-state index contributed by atoms with van der Waals surface area (Å²) in [6.45, 7) is 3.27. The number of morpholine rings is 1. The van der Waals surface area contributed by atoms with Gasteiger partial charge in [0.1, 0.15) is 17.3 Å². The van der Waals surface area contributed by atoms with E-state index in [2.05, 4.69) is 10.2 Å². The van der Waals surface area contributed by atoms with E-state index in [0.29, 0.717) is 31.3 Å². The van der Waals surface area contributed by atoms with Crippen molar-refractivity contribution in [2.24, 2.45) is 13.0 Å². The van der Waals surface area contributed by atoms with Gasteiger partial charge in [0.25, 0.3) is 5.91 Å². The Hall–Kier alpha value is -1.86. The molecule has 1 N–H and O–H groups in total. The summed E-state index contributed by atoms with van der Waals surface area (Å²) in [6.07, 6.45) is 4.39. The summed E-state index contributed by atoms with van der Waals surface area (Å²) in [7, 11) is 3.55. The van der Waals surface area contributed by atoms with Crippen molar-refractivity contribution in [2.75, 3.05) is 39.8 Å². The molecule has 0 radical (unpaired) electrons. The molecule has 4 rings (SSSR count). The molecule has 1 spiro atoms. The molecule has 1 aliphatic carbocycles. The first kappa shape index (κ1) is 16.6. The molecular weight excluding hydrogens is 320 g/mol. The van der Waals surface area contributed by atoms with E-state index in [0.717, 1.165) is 13.1 Å². The van der Waals surface area contributed by atoms with E-state index in [4.69, 9.17) is 4.74 Å². The van der Waals surface area contributed by atoms with E-state index in [-0.39, 0.29) is 23.5 Å². The SMILES string of the molecule is CNC(=O)[C@H]1COC2(CN(C(=O)c3cccn3C)C2)CN1CC1CC1. The number of nitrogens with zero attached hydrogens (tertiary/aromatic N) is 3. The smallest absolute Gasteiger partial charge is 0.270 e. The Morgan fingerprint density at radius 2 is 2.08 bits per heavy atom. The van der Waals surface area contributed by atoms with E-state index in [1.165, 1.54) is 12.8 Å². The van der Waals surface area contributed by atoms with Crippen LogP contribution in [0.15, 0.2) is 18.3 Å². The molecule has 25 heavy (non-hydrogen) atoms. The quantitative estimate of drug-likeness (QED) is 0.838. The number of nitrogens with one attached hydrogen (secondary N) is 1. The van der Waals surface area contributed by atoms with Crippen LogP contribution in [0.1, 0.15) is 23.3 Å². The maximum atomic E-state index is 12.6. The topological polar surface area (TPSA) is 66.8 Å². The molecule has 3 aliphatic rings. The summed E-state index contributed by atoms with van der Waals surface area (Å²) < 4.78 is 7.94. The fraction of sp³-hybridized carbons (Fsp3) is 0.667. The zero-order valence-corrected chi connectivity index (χ0v) is 14.9. The van der Waals surface area contributed by atoms with Crippen molar-refractivity contribution in [1.82, 2.24) is 19.7 Å². The Bertz CT molecular complexity index is 676. The number of aryl methyl sites for hydroxylation is 1. The first-order chi connectivity index (χ1) is 12.0. The van der Waals surface area contributed by atoms with Gasteiger partial charge in [-0.1, -0.05) is 0 Å². The van der Waals surface area contributed by atoms with Crippen molar-refractivity contribution in [2.45, 2.75) is 24.5 Å². The van der Waals surface area contributed by atoms with Crippen LogP contribution in [0.25, 0.3) is 0 Å². The minimum absolute atomic E-state index is 0.0200.